The molecule has 1 rings (SSSR count). The number of amidine groups is 1. The first kappa shape index (κ1) is 8.29. The van der Waals surface area contributed by atoms with Gasteiger partial charge in [-0.1, -0.05) is 5.16 Å². The second-order valence-corrected chi connectivity index (χ2v) is 2.83. The molecule has 0 aromatic rings. The van der Waals surface area contributed by atoms with Crippen LogP contribution in [0, 0.1) is 5.92 Å². The van der Waals surface area contributed by atoms with Crippen LogP contribution in [0.1, 0.15) is 0 Å². The van der Waals surface area contributed by atoms with Crippen molar-refractivity contribution in [1.82, 2.24) is 4.90 Å². The molecule has 0 bridgehead atoms. The smallest absolute Gasteiger partial charge is 0.153 e. The molecule has 0 radical (unpaired) electrons. The fourth-order valence-corrected chi connectivity index (χ4v) is 1.18. The van der Waals surface area contributed by atoms with Crippen molar-refractivity contribution in [2.24, 2.45) is 16.8 Å². The summed E-state index contributed by atoms with van der Waals surface area (Å²) in [5.41, 5.74) is 5.27. The van der Waals surface area contributed by atoms with Crippen molar-refractivity contribution in [2.75, 3.05) is 26.2 Å². The third kappa shape index (κ3) is 2.06. The largest absolute Gasteiger partial charge is 0.409 e. The molecule has 0 amide bonds. The lowest BCUT2D eigenvalue weighted by Gasteiger charge is -2.37. The Morgan fingerprint density at radius 2 is 2.27 bits per heavy atom. The van der Waals surface area contributed by atoms with Crippen LogP contribution in [0.4, 0.5) is 0 Å². The molecule has 0 unspecified atom stereocenters. The summed E-state index contributed by atoms with van der Waals surface area (Å²) in [6.45, 7) is 2.40. The van der Waals surface area contributed by atoms with Gasteiger partial charge >= 0.3 is 0 Å². The van der Waals surface area contributed by atoms with Crippen LogP contribution in [0.15, 0.2) is 5.16 Å². The monoisotopic (exact) mass is 159 g/mol. The Morgan fingerprint density at radius 1 is 1.64 bits per heavy atom. The molecule has 1 aliphatic rings. The van der Waals surface area contributed by atoms with Crippen molar-refractivity contribution in [3.05, 3.63) is 0 Å². The van der Waals surface area contributed by atoms with Crippen molar-refractivity contribution >= 4 is 5.84 Å². The average Bonchev–Trinajstić information content (AvgIpc) is 1.95. The second-order valence-electron chi connectivity index (χ2n) is 2.83. The zero-order valence-electron chi connectivity index (χ0n) is 6.27. The highest BCUT2D eigenvalue weighted by atomic mass is 16.4. The quantitative estimate of drug-likeness (QED) is 0.206. The summed E-state index contributed by atoms with van der Waals surface area (Å²) in [4.78, 5) is 2.01. The lowest BCUT2D eigenvalue weighted by molar-refractivity contribution is 0.0663. The molecule has 5 nitrogen and oxygen atoms in total. The Labute approximate surface area is 65.1 Å². The predicted molar refractivity (Wildman–Crippen MR) is 40.4 cm³/mol. The normalized spacial score (nSPS) is 21.7. The lowest BCUT2D eigenvalue weighted by Crippen LogP contribution is -2.51. The van der Waals surface area contributed by atoms with E-state index in [1.807, 2.05) is 4.90 Å². The van der Waals surface area contributed by atoms with Crippen LogP contribution in [0.5, 0.6) is 0 Å². The van der Waals surface area contributed by atoms with Gasteiger partial charge in [-0.3, -0.25) is 4.90 Å². The minimum atomic E-state index is 0.224. The standard InChI is InChI=1S/C6H13N3O2/c7-6(8-11)3-9-1-5(2-9)4-10/h5,10-11H,1-4H2,(H2,7,8). The number of nitrogens with zero attached hydrogens (tertiary/aromatic N) is 2. The Balaban J connectivity index is 2.13. The maximum atomic E-state index is 8.66. The molecule has 0 atom stereocenters. The van der Waals surface area contributed by atoms with Crippen LogP contribution in [-0.4, -0.2) is 47.3 Å². The first-order chi connectivity index (χ1) is 5.26. The number of oxime groups is 1. The minimum Gasteiger partial charge on any atom is -0.409 e. The summed E-state index contributed by atoms with van der Waals surface area (Å²) < 4.78 is 0. The van der Waals surface area contributed by atoms with Crippen LogP contribution < -0.4 is 5.73 Å². The van der Waals surface area contributed by atoms with Crippen molar-refractivity contribution in [3.63, 3.8) is 0 Å². The van der Waals surface area contributed by atoms with E-state index in [0.29, 0.717) is 12.5 Å². The summed E-state index contributed by atoms with van der Waals surface area (Å²) in [6, 6.07) is 0. The summed E-state index contributed by atoms with van der Waals surface area (Å²) in [6.07, 6.45) is 0. The fraction of sp³-hybridized carbons (Fsp3) is 0.833. The van der Waals surface area contributed by atoms with Crippen molar-refractivity contribution in [1.29, 1.82) is 0 Å². The summed E-state index contributed by atoms with van der Waals surface area (Å²) in [5, 5.41) is 19.7. The highest BCUT2D eigenvalue weighted by Gasteiger charge is 2.25. The van der Waals surface area contributed by atoms with Crippen LogP contribution in [0.2, 0.25) is 0 Å². The fourth-order valence-electron chi connectivity index (χ4n) is 1.18. The summed E-state index contributed by atoms with van der Waals surface area (Å²) in [5.74, 6) is 0.600. The van der Waals surface area contributed by atoms with Crippen LogP contribution in [0.25, 0.3) is 0 Å². The third-order valence-electron chi connectivity index (χ3n) is 1.81. The SMILES string of the molecule is N/C(CN1CC(CO)C1)=N\O. The van der Waals surface area contributed by atoms with E-state index >= 15 is 0 Å². The van der Waals surface area contributed by atoms with Crippen molar-refractivity contribution < 1.29 is 10.3 Å². The van der Waals surface area contributed by atoms with Crippen molar-refractivity contribution in [3.8, 4) is 0 Å². The van der Waals surface area contributed by atoms with E-state index in [-0.39, 0.29) is 12.4 Å². The van der Waals surface area contributed by atoms with Gasteiger partial charge in [-0.05, 0) is 0 Å². The number of nitrogens with two attached hydrogens (primary N) is 1. The number of aliphatic hydroxyl groups is 1. The molecule has 1 aliphatic heterocycles. The molecule has 1 fully saturated rings. The number of hydrogen-bond donors (Lipinski definition) is 3. The Kier molecular flexibility index (Phi) is 2.67. The topological polar surface area (TPSA) is 82.1 Å². The van der Waals surface area contributed by atoms with Gasteiger partial charge in [0.25, 0.3) is 0 Å². The summed E-state index contributed by atoms with van der Waals surface area (Å²) >= 11 is 0. The number of aliphatic hydroxyl groups excluding tert-OH is 1. The predicted octanol–water partition coefficient (Wildman–Crippen LogP) is -1.34. The van der Waals surface area contributed by atoms with E-state index in [4.69, 9.17) is 16.0 Å². The highest BCUT2D eigenvalue weighted by molar-refractivity contribution is 5.81. The maximum Gasteiger partial charge on any atom is 0.153 e. The van der Waals surface area contributed by atoms with E-state index < -0.39 is 0 Å². The van der Waals surface area contributed by atoms with Gasteiger partial charge in [0.05, 0.1) is 6.54 Å². The maximum absolute atomic E-state index is 8.66. The van der Waals surface area contributed by atoms with Gasteiger partial charge in [0.15, 0.2) is 5.84 Å². The van der Waals surface area contributed by atoms with Gasteiger partial charge in [0, 0.05) is 25.6 Å². The van der Waals surface area contributed by atoms with Gasteiger partial charge in [0.2, 0.25) is 0 Å². The zero-order valence-corrected chi connectivity index (χ0v) is 6.27. The Morgan fingerprint density at radius 3 is 2.73 bits per heavy atom. The van der Waals surface area contributed by atoms with E-state index in [1.54, 1.807) is 0 Å². The molecule has 0 aliphatic carbocycles. The average molecular weight is 159 g/mol. The molecular formula is C6H13N3O2. The molecule has 64 valence electrons. The summed E-state index contributed by atoms with van der Waals surface area (Å²) in [7, 11) is 0. The highest BCUT2D eigenvalue weighted by Crippen LogP contribution is 2.12. The van der Waals surface area contributed by atoms with Gasteiger partial charge in [-0.25, -0.2) is 0 Å². The number of rotatable bonds is 3. The number of hydrogen-bond acceptors (Lipinski definition) is 4. The molecule has 0 saturated carbocycles. The molecule has 0 aromatic heterocycles. The van der Waals surface area contributed by atoms with Gasteiger partial charge < -0.3 is 16.0 Å². The van der Waals surface area contributed by atoms with E-state index in [1.165, 1.54) is 0 Å². The van der Waals surface area contributed by atoms with Gasteiger partial charge in [-0.2, -0.15) is 0 Å². The first-order valence-electron chi connectivity index (χ1n) is 3.56. The zero-order chi connectivity index (χ0) is 8.27. The Bertz CT molecular complexity index is 154. The first-order valence-corrected chi connectivity index (χ1v) is 3.56. The van der Waals surface area contributed by atoms with E-state index in [0.717, 1.165) is 13.1 Å². The van der Waals surface area contributed by atoms with Crippen LogP contribution in [-0.2, 0) is 0 Å². The minimum absolute atomic E-state index is 0.224. The molecule has 0 aromatic carbocycles. The molecular weight excluding hydrogens is 146 g/mol. The van der Waals surface area contributed by atoms with E-state index in [2.05, 4.69) is 5.16 Å². The molecule has 0 spiro atoms. The van der Waals surface area contributed by atoms with E-state index in [9.17, 15) is 0 Å². The van der Waals surface area contributed by atoms with Gasteiger partial charge in [0.1, 0.15) is 0 Å². The van der Waals surface area contributed by atoms with Crippen molar-refractivity contribution in [2.45, 2.75) is 0 Å². The Hall–Kier alpha value is -0.810. The van der Waals surface area contributed by atoms with Gasteiger partial charge in [-0.15, -0.1) is 0 Å². The van der Waals surface area contributed by atoms with Crippen LogP contribution in [0.3, 0.4) is 0 Å². The third-order valence-corrected chi connectivity index (χ3v) is 1.81. The molecule has 11 heavy (non-hydrogen) atoms. The molecule has 4 N–H and O–H groups in total. The lowest BCUT2D eigenvalue weighted by atomic mass is 10.0. The molecule has 5 heteroatoms. The second kappa shape index (κ2) is 3.54. The molecule has 1 heterocycles. The molecule has 1 saturated heterocycles. The number of likely N-dealkylation sites (tertiary alicyclic amines) is 1. The van der Waals surface area contributed by atoms with Crippen LogP contribution >= 0.6 is 0 Å².